The van der Waals surface area contributed by atoms with E-state index in [1.54, 1.807) is 6.08 Å². The maximum absolute atomic E-state index is 12.8. The van der Waals surface area contributed by atoms with Crippen LogP contribution >= 0.6 is 0 Å². The zero-order valence-corrected chi connectivity index (χ0v) is 48.6. The average Bonchev–Trinajstić information content (AvgIpc) is 3.43. The first-order valence-electron chi connectivity index (χ1n) is 29.9. The minimum absolute atomic E-state index is 0.103. The highest BCUT2D eigenvalue weighted by Crippen LogP contribution is 2.13. The molecule has 0 aliphatic rings. The third-order valence-corrected chi connectivity index (χ3v) is 11.6. The van der Waals surface area contributed by atoms with Crippen LogP contribution in [-0.2, 0) is 28.6 Å². The van der Waals surface area contributed by atoms with Gasteiger partial charge < -0.3 is 14.2 Å². The molecule has 0 rings (SSSR count). The van der Waals surface area contributed by atoms with E-state index in [1.165, 1.54) is 32.1 Å². The Morgan fingerprint density at radius 3 is 0.883 bits per heavy atom. The molecule has 0 aromatic heterocycles. The molecule has 0 aliphatic heterocycles. The van der Waals surface area contributed by atoms with Gasteiger partial charge in [-0.1, -0.05) is 254 Å². The lowest BCUT2D eigenvalue weighted by Gasteiger charge is -2.18. The predicted octanol–water partition coefficient (Wildman–Crippen LogP) is 20.6. The first-order valence-corrected chi connectivity index (χ1v) is 29.9. The van der Waals surface area contributed by atoms with E-state index >= 15 is 0 Å². The van der Waals surface area contributed by atoms with E-state index in [1.807, 2.05) is 6.08 Å². The number of ether oxygens (including phenoxy) is 3. The lowest BCUT2D eigenvalue weighted by atomic mass is 10.1. The fourth-order valence-corrected chi connectivity index (χ4v) is 7.26. The Morgan fingerprint density at radius 2 is 0.532 bits per heavy atom. The Labute approximate surface area is 471 Å². The van der Waals surface area contributed by atoms with Crippen molar-refractivity contribution in [1.29, 1.82) is 0 Å². The van der Waals surface area contributed by atoms with E-state index in [0.29, 0.717) is 19.3 Å². The number of carbonyl (C=O) groups is 3. The van der Waals surface area contributed by atoms with Crippen LogP contribution in [0, 0.1) is 0 Å². The fourth-order valence-electron chi connectivity index (χ4n) is 7.26. The maximum Gasteiger partial charge on any atom is 0.309 e. The summed E-state index contributed by atoms with van der Waals surface area (Å²) in [6.45, 7) is 6.13. The summed E-state index contributed by atoms with van der Waals surface area (Å²) in [6, 6.07) is 0. The predicted molar refractivity (Wildman–Crippen MR) is 334 cm³/mol. The first kappa shape index (κ1) is 71.2. The number of unbranched alkanes of at least 4 members (excludes halogenated alkanes) is 9. The third kappa shape index (κ3) is 61.0. The van der Waals surface area contributed by atoms with E-state index in [4.69, 9.17) is 14.2 Å². The third-order valence-electron chi connectivity index (χ3n) is 11.6. The monoisotopic (exact) mass is 1050 g/mol. The number of esters is 3. The Hall–Kier alpha value is -5.75. The number of carbonyl (C=O) groups excluding carboxylic acids is 3. The molecule has 0 aliphatic carbocycles. The van der Waals surface area contributed by atoms with Crippen LogP contribution in [0.1, 0.15) is 213 Å². The second kappa shape index (κ2) is 62.8. The maximum atomic E-state index is 12.8. The molecule has 426 valence electrons. The highest BCUT2D eigenvalue weighted by Gasteiger charge is 2.19. The zero-order chi connectivity index (χ0) is 55.7. The van der Waals surface area contributed by atoms with Gasteiger partial charge in [0, 0.05) is 12.8 Å². The Kier molecular flexibility index (Phi) is 58.1. The van der Waals surface area contributed by atoms with E-state index < -0.39 is 18.0 Å². The molecule has 0 saturated heterocycles. The van der Waals surface area contributed by atoms with Crippen LogP contribution in [0.4, 0.5) is 0 Å². The molecule has 6 heteroatoms. The fraction of sp³-hybridized carbons (Fsp3) is 0.507. The number of hydrogen-bond donors (Lipinski definition) is 0. The molecule has 0 amide bonds. The van der Waals surface area contributed by atoms with Gasteiger partial charge in [-0.3, -0.25) is 14.4 Å². The topological polar surface area (TPSA) is 78.9 Å². The first-order chi connectivity index (χ1) is 38.0. The summed E-state index contributed by atoms with van der Waals surface area (Å²) in [7, 11) is 0. The van der Waals surface area contributed by atoms with Gasteiger partial charge in [-0.2, -0.15) is 0 Å². The molecule has 0 heterocycles. The van der Waals surface area contributed by atoms with Gasteiger partial charge >= 0.3 is 17.9 Å². The molecule has 0 N–H and O–H groups in total. The molecule has 0 aromatic carbocycles. The van der Waals surface area contributed by atoms with Gasteiger partial charge in [0.05, 0.1) is 6.42 Å². The smallest absolute Gasteiger partial charge is 0.309 e. The zero-order valence-electron chi connectivity index (χ0n) is 48.6. The van der Waals surface area contributed by atoms with Gasteiger partial charge in [0.15, 0.2) is 6.10 Å². The van der Waals surface area contributed by atoms with Crippen LogP contribution < -0.4 is 0 Å². The average molecular weight is 1060 g/mol. The van der Waals surface area contributed by atoms with Gasteiger partial charge in [0.25, 0.3) is 0 Å². The lowest BCUT2D eigenvalue weighted by Crippen LogP contribution is -2.30. The summed E-state index contributed by atoms with van der Waals surface area (Å²) in [4.78, 5) is 38.1. The molecule has 1 unspecified atom stereocenters. The van der Waals surface area contributed by atoms with E-state index in [2.05, 4.69) is 203 Å². The standard InChI is InChI=1S/C71H106O6/c1-4-7-10-13-16-19-22-25-28-30-31-32-33-34-35-36-37-38-39-41-43-46-49-52-55-58-61-64-70(73)76-67-68(66-75-69(72)63-60-57-54-51-48-45-42-27-24-21-18-15-12-9-6-3)77-71(74)65-62-59-56-53-50-47-44-40-29-26-23-20-17-14-11-8-5-2/h7-12,16-21,25-29,31-32,34-35,37-38,42,44,47-48,51,53,56-57,60,68H,4-6,13-15,22-24,30,33,36,39-41,43,45-46,49-50,52,54-55,58-59,61-67H2,1-3H3/b10-7-,11-8-,12-9-,19-16-,20-17-,21-18-,28-25-,29-26-,32-31-,35-34-,38-37-,42-27-,47-44-,51-48-,56-53-,60-57-. The van der Waals surface area contributed by atoms with E-state index in [0.717, 1.165) is 128 Å². The molecule has 0 saturated carbocycles. The summed E-state index contributed by atoms with van der Waals surface area (Å²) >= 11 is 0. The van der Waals surface area contributed by atoms with Crippen molar-refractivity contribution >= 4 is 17.9 Å². The number of rotatable bonds is 51. The molecule has 6 nitrogen and oxygen atoms in total. The van der Waals surface area contributed by atoms with Crippen LogP contribution in [0.15, 0.2) is 194 Å². The summed E-state index contributed by atoms with van der Waals surface area (Å²) in [5.74, 6) is -1.16. The van der Waals surface area contributed by atoms with Gasteiger partial charge in [-0.05, 0) is 135 Å². The van der Waals surface area contributed by atoms with Crippen LogP contribution in [-0.4, -0.2) is 37.2 Å². The quantitative estimate of drug-likeness (QED) is 0.0261. The van der Waals surface area contributed by atoms with Crippen molar-refractivity contribution in [2.24, 2.45) is 0 Å². The molecule has 77 heavy (non-hydrogen) atoms. The second-order valence-corrected chi connectivity index (χ2v) is 18.8. The van der Waals surface area contributed by atoms with Crippen molar-refractivity contribution in [1.82, 2.24) is 0 Å². The van der Waals surface area contributed by atoms with Crippen molar-refractivity contribution < 1.29 is 28.6 Å². The molecule has 1 atom stereocenters. The molecule has 0 fully saturated rings. The van der Waals surface area contributed by atoms with Gasteiger partial charge in [-0.15, -0.1) is 0 Å². The van der Waals surface area contributed by atoms with Gasteiger partial charge in [-0.25, -0.2) is 0 Å². The van der Waals surface area contributed by atoms with Crippen molar-refractivity contribution in [2.75, 3.05) is 13.2 Å². The largest absolute Gasteiger partial charge is 0.462 e. The summed E-state index contributed by atoms with van der Waals surface area (Å²) in [6.07, 6.45) is 96.0. The SMILES string of the molecule is CC/C=C\C/C=C\C/C=C\C/C=C\C/C=C\C/C=C\CCCCCCCCCCC(=O)OCC(COC(=O)C/C=C\C/C=C\C/C=C\C/C=C\C/C=C\CC)OC(=O)CCC/C=C\C/C=C\C/C=C\C/C=C\C/C=C\CC. The van der Waals surface area contributed by atoms with Crippen molar-refractivity contribution in [3.8, 4) is 0 Å². The molecule has 0 bridgehead atoms. The highest BCUT2D eigenvalue weighted by atomic mass is 16.6. The van der Waals surface area contributed by atoms with Crippen LogP contribution in [0.25, 0.3) is 0 Å². The van der Waals surface area contributed by atoms with Crippen LogP contribution in [0.5, 0.6) is 0 Å². The van der Waals surface area contributed by atoms with Crippen LogP contribution in [0.3, 0.4) is 0 Å². The van der Waals surface area contributed by atoms with Crippen LogP contribution in [0.2, 0.25) is 0 Å². The normalized spacial score (nSPS) is 13.5. The second-order valence-electron chi connectivity index (χ2n) is 18.8. The number of allylic oxidation sites excluding steroid dienone is 31. The van der Waals surface area contributed by atoms with Gasteiger partial charge in [0.2, 0.25) is 0 Å². The van der Waals surface area contributed by atoms with Crippen molar-refractivity contribution in [3.05, 3.63) is 194 Å². The van der Waals surface area contributed by atoms with E-state index in [-0.39, 0.29) is 32.0 Å². The molecule has 0 aromatic rings. The lowest BCUT2D eigenvalue weighted by molar-refractivity contribution is -0.166. The molecule has 0 radical (unpaired) electrons. The van der Waals surface area contributed by atoms with Crippen molar-refractivity contribution in [3.63, 3.8) is 0 Å². The minimum atomic E-state index is -0.864. The van der Waals surface area contributed by atoms with Crippen molar-refractivity contribution in [2.45, 2.75) is 219 Å². The summed E-state index contributed by atoms with van der Waals surface area (Å²) < 4.78 is 16.7. The molecular weight excluding hydrogens is 949 g/mol. The summed E-state index contributed by atoms with van der Waals surface area (Å²) in [5.41, 5.74) is 0. The Balaban J connectivity index is 4.54. The number of hydrogen-bond acceptors (Lipinski definition) is 6. The minimum Gasteiger partial charge on any atom is -0.462 e. The molecular formula is C71H106O6. The molecule has 0 spiro atoms. The highest BCUT2D eigenvalue weighted by molar-refractivity contribution is 5.72. The Bertz CT molecular complexity index is 1880. The summed E-state index contributed by atoms with van der Waals surface area (Å²) in [5, 5.41) is 0. The van der Waals surface area contributed by atoms with E-state index in [9.17, 15) is 14.4 Å². The van der Waals surface area contributed by atoms with Gasteiger partial charge in [0.1, 0.15) is 13.2 Å². The Morgan fingerprint density at radius 1 is 0.273 bits per heavy atom.